The topological polar surface area (TPSA) is 50.4 Å². The first-order chi connectivity index (χ1) is 8.58. The number of halogens is 2. The molecule has 1 heterocycles. The van der Waals surface area contributed by atoms with Gasteiger partial charge in [-0.05, 0) is 46.1 Å². The average Bonchev–Trinajstić information content (AvgIpc) is 2.73. The highest BCUT2D eigenvalue weighted by Gasteiger charge is 2.13. The molecule has 0 aliphatic carbocycles. The Morgan fingerprint density at radius 2 is 2.11 bits per heavy atom. The van der Waals surface area contributed by atoms with Gasteiger partial charge < -0.3 is 9.52 Å². The van der Waals surface area contributed by atoms with Crippen LogP contribution in [0.4, 0.5) is 0 Å². The molecule has 0 saturated heterocycles. The van der Waals surface area contributed by atoms with Gasteiger partial charge in [-0.25, -0.2) is 0 Å². The van der Waals surface area contributed by atoms with Crippen molar-refractivity contribution in [1.29, 1.82) is 0 Å². The molecule has 0 fully saturated rings. The minimum Gasteiger partial charge on any atom is -0.481 e. The summed E-state index contributed by atoms with van der Waals surface area (Å²) in [5.41, 5.74) is 1.62. The molecular weight excluding hydrogens is 319 g/mol. The van der Waals surface area contributed by atoms with Crippen LogP contribution in [0.25, 0.3) is 11.3 Å². The third kappa shape index (κ3) is 2.94. The van der Waals surface area contributed by atoms with Gasteiger partial charge in [0.05, 0.1) is 0 Å². The molecule has 1 aromatic carbocycles. The second-order valence-electron chi connectivity index (χ2n) is 3.76. The maximum atomic E-state index is 10.7. The van der Waals surface area contributed by atoms with Gasteiger partial charge in [-0.1, -0.05) is 23.7 Å². The molecule has 1 N–H and O–H groups in total. The van der Waals surface area contributed by atoms with Crippen molar-refractivity contribution in [3.8, 4) is 11.3 Å². The largest absolute Gasteiger partial charge is 0.481 e. The minimum atomic E-state index is -0.846. The summed E-state index contributed by atoms with van der Waals surface area (Å²) in [6.45, 7) is 0. The van der Waals surface area contributed by atoms with E-state index in [0.29, 0.717) is 21.9 Å². The number of hydrogen-bond donors (Lipinski definition) is 1. The van der Waals surface area contributed by atoms with E-state index in [1.807, 2.05) is 18.2 Å². The van der Waals surface area contributed by atoms with Crippen molar-refractivity contribution in [2.75, 3.05) is 0 Å². The lowest BCUT2D eigenvalue weighted by Crippen LogP contribution is -1.99. The highest BCUT2D eigenvalue weighted by molar-refractivity contribution is 9.10. The van der Waals surface area contributed by atoms with Crippen molar-refractivity contribution in [1.82, 2.24) is 0 Å². The summed E-state index contributed by atoms with van der Waals surface area (Å²) in [6.07, 6.45) is 0.418. The zero-order valence-electron chi connectivity index (χ0n) is 9.32. The Balaban J connectivity index is 2.40. The number of carboxylic acid groups (broad SMARTS) is 1. The van der Waals surface area contributed by atoms with Crippen molar-refractivity contribution in [2.45, 2.75) is 12.8 Å². The molecule has 0 unspecified atom stereocenters. The number of aliphatic carboxylic acids is 1. The Hall–Kier alpha value is -1.26. The predicted octanol–water partition coefficient (Wildman–Crippen LogP) is 4.38. The second-order valence-corrected chi connectivity index (χ2v) is 4.95. The molecule has 2 rings (SSSR count). The number of rotatable bonds is 4. The standard InChI is InChI=1S/C13H10BrClO3/c14-12-6-5-11(18-12)9-2-1-3-10(15)8(9)4-7-13(16)17/h1-3,5-6H,4,7H2,(H,16,17). The van der Waals surface area contributed by atoms with Crippen molar-refractivity contribution < 1.29 is 14.3 Å². The Morgan fingerprint density at radius 1 is 1.33 bits per heavy atom. The number of benzene rings is 1. The van der Waals surface area contributed by atoms with Crippen LogP contribution in [-0.4, -0.2) is 11.1 Å². The van der Waals surface area contributed by atoms with Crippen molar-refractivity contribution in [2.24, 2.45) is 0 Å². The lowest BCUT2D eigenvalue weighted by Gasteiger charge is -2.08. The van der Waals surface area contributed by atoms with E-state index in [0.717, 1.165) is 11.1 Å². The quantitative estimate of drug-likeness (QED) is 0.905. The summed E-state index contributed by atoms with van der Waals surface area (Å²) in [4.78, 5) is 10.7. The summed E-state index contributed by atoms with van der Waals surface area (Å²) in [5.74, 6) is -0.175. The van der Waals surface area contributed by atoms with Crippen LogP contribution in [0.3, 0.4) is 0 Å². The van der Waals surface area contributed by atoms with E-state index in [-0.39, 0.29) is 6.42 Å². The van der Waals surface area contributed by atoms with E-state index in [2.05, 4.69) is 15.9 Å². The van der Waals surface area contributed by atoms with Gasteiger partial charge >= 0.3 is 5.97 Å². The Kier molecular flexibility index (Phi) is 4.09. The molecule has 0 bridgehead atoms. The number of carboxylic acids is 1. The van der Waals surface area contributed by atoms with E-state index < -0.39 is 5.97 Å². The minimum absolute atomic E-state index is 0.0403. The second kappa shape index (κ2) is 5.59. The first kappa shape index (κ1) is 13.2. The van der Waals surface area contributed by atoms with E-state index in [1.165, 1.54) is 0 Å². The third-order valence-corrected chi connectivity index (χ3v) is 3.33. The van der Waals surface area contributed by atoms with Gasteiger partial charge in [-0.15, -0.1) is 0 Å². The fraction of sp³-hybridized carbons (Fsp3) is 0.154. The van der Waals surface area contributed by atoms with Gasteiger partial charge in [0.15, 0.2) is 4.67 Å². The van der Waals surface area contributed by atoms with Crippen LogP contribution in [0.2, 0.25) is 5.02 Å². The summed E-state index contributed by atoms with van der Waals surface area (Å²) in [7, 11) is 0. The first-order valence-electron chi connectivity index (χ1n) is 5.33. The van der Waals surface area contributed by atoms with Gasteiger partial charge in [-0.3, -0.25) is 4.79 Å². The molecule has 0 saturated carbocycles. The molecule has 2 aromatic rings. The van der Waals surface area contributed by atoms with Crippen molar-refractivity contribution >= 4 is 33.5 Å². The summed E-state index contributed by atoms with van der Waals surface area (Å²) < 4.78 is 6.11. The Morgan fingerprint density at radius 3 is 2.72 bits per heavy atom. The van der Waals surface area contributed by atoms with E-state index in [9.17, 15) is 4.79 Å². The van der Waals surface area contributed by atoms with Gasteiger partial charge in [0.1, 0.15) is 5.76 Å². The molecule has 0 aliphatic rings. The summed E-state index contributed by atoms with van der Waals surface area (Å²) in [6, 6.07) is 9.05. The molecule has 0 spiro atoms. The number of carbonyl (C=O) groups is 1. The first-order valence-corrected chi connectivity index (χ1v) is 6.50. The van der Waals surface area contributed by atoms with Gasteiger partial charge in [-0.2, -0.15) is 0 Å². The highest BCUT2D eigenvalue weighted by atomic mass is 79.9. The molecular formula is C13H10BrClO3. The SMILES string of the molecule is O=C(O)CCc1c(Cl)cccc1-c1ccc(Br)o1. The molecule has 0 amide bonds. The van der Waals surface area contributed by atoms with E-state index in [1.54, 1.807) is 12.1 Å². The fourth-order valence-corrected chi connectivity index (χ4v) is 2.31. The number of furan rings is 1. The zero-order chi connectivity index (χ0) is 13.1. The van der Waals surface area contributed by atoms with Crippen molar-refractivity contribution in [3.05, 3.63) is 45.6 Å². The molecule has 1 aromatic heterocycles. The lowest BCUT2D eigenvalue weighted by atomic mass is 10.0. The van der Waals surface area contributed by atoms with Crippen LogP contribution in [0.15, 0.2) is 39.4 Å². The number of hydrogen-bond acceptors (Lipinski definition) is 2. The molecule has 5 heteroatoms. The Labute approximate surface area is 118 Å². The molecule has 3 nitrogen and oxygen atoms in total. The van der Waals surface area contributed by atoms with Crippen molar-refractivity contribution in [3.63, 3.8) is 0 Å². The van der Waals surface area contributed by atoms with Gasteiger partial charge in [0.25, 0.3) is 0 Å². The highest BCUT2D eigenvalue weighted by Crippen LogP contribution is 2.32. The summed E-state index contributed by atoms with van der Waals surface area (Å²) >= 11 is 9.36. The maximum Gasteiger partial charge on any atom is 0.303 e. The van der Waals surface area contributed by atoms with Gasteiger partial charge in [0.2, 0.25) is 0 Å². The zero-order valence-corrected chi connectivity index (χ0v) is 11.7. The third-order valence-electron chi connectivity index (χ3n) is 2.55. The maximum absolute atomic E-state index is 10.7. The molecule has 18 heavy (non-hydrogen) atoms. The van der Waals surface area contributed by atoms with E-state index >= 15 is 0 Å². The molecule has 0 radical (unpaired) electrons. The Bertz CT molecular complexity index is 577. The fourth-order valence-electron chi connectivity index (χ4n) is 1.73. The molecule has 94 valence electrons. The average molecular weight is 330 g/mol. The predicted molar refractivity (Wildman–Crippen MR) is 72.8 cm³/mol. The van der Waals surface area contributed by atoms with E-state index in [4.69, 9.17) is 21.1 Å². The molecule has 0 atom stereocenters. The lowest BCUT2D eigenvalue weighted by molar-refractivity contribution is -0.136. The van der Waals surface area contributed by atoms with Gasteiger partial charge in [0, 0.05) is 17.0 Å². The van der Waals surface area contributed by atoms with Crippen LogP contribution in [-0.2, 0) is 11.2 Å². The molecule has 0 aliphatic heterocycles. The normalized spacial score (nSPS) is 10.6. The monoisotopic (exact) mass is 328 g/mol. The smallest absolute Gasteiger partial charge is 0.303 e. The van der Waals surface area contributed by atoms with Crippen LogP contribution in [0.5, 0.6) is 0 Å². The van der Waals surface area contributed by atoms with Crippen LogP contribution >= 0.6 is 27.5 Å². The van der Waals surface area contributed by atoms with Crippen LogP contribution in [0.1, 0.15) is 12.0 Å². The van der Waals surface area contributed by atoms with Crippen LogP contribution in [0, 0.1) is 0 Å². The summed E-state index contributed by atoms with van der Waals surface area (Å²) in [5, 5.41) is 9.31. The van der Waals surface area contributed by atoms with Crippen LogP contribution < -0.4 is 0 Å².